The summed E-state index contributed by atoms with van der Waals surface area (Å²) in [5, 5.41) is 0.100. The largest absolute Gasteiger partial charge is 0.489 e. The highest BCUT2D eigenvalue weighted by molar-refractivity contribution is 7.99. The Hall–Kier alpha value is -1.94. The topological polar surface area (TPSA) is 29.5 Å². The van der Waals surface area contributed by atoms with Crippen molar-refractivity contribution in [3.63, 3.8) is 0 Å². The molecule has 1 fully saturated rings. The molecule has 0 saturated carbocycles. The molecule has 150 valence electrons. The first-order chi connectivity index (χ1) is 13.7. The van der Waals surface area contributed by atoms with Gasteiger partial charge in [0.1, 0.15) is 17.7 Å². The fraction of sp³-hybridized carbons (Fsp3) is 0.458. The van der Waals surface area contributed by atoms with Gasteiger partial charge < -0.3 is 9.64 Å². The zero-order valence-electron chi connectivity index (χ0n) is 17.0. The Bertz CT molecular complexity index is 749. The summed E-state index contributed by atoms with van der Waals surface area (Å²) < 4.78 is 6.00. The molecule has 3 rings (SSSR count). The molecule has 1 heterocycles. The van der Waals surface area contributed by atoms with Crippen LogP contribution in [-0.4, -0.2) is 23.1 Å². The van der Waals surface area contributed by atoms with E-state index in [1.807, 2.05) is 42.1 Å². The van der Waals surface area contributed by atoms with Crippen LogP contribution < -0.4 is 4.74 Å². The van der Waals surface area contributed by atoms with E-state index in [4.69, 9.17) is 4.74 Å². The fourth-order valence-electron chi connectivity index (χ4n) is 3.66. The summed E-state index contributed by atoms with van der Waals surface area (Å²) in [6.07, 6.45) is 4.19. The SMILES string of the molecule is CCCC[C@@H](CC)C(=O)N1CCS[C@H]1c1cccc(OCc2ccccc2)c1. The second kappa shape index (κ2) is 10.6. The predicted molar refractivity (Wildman–Crippen MR) is 117 cm³/mol. The molecule has 4 heteroatoms. The molecule has 1 aliphatic heterocycles. The number of carbonyl (C=O) groups is 1. The van der Waals surface area contributed by atoms with Gasteiger partial charge in [-0.15, -0.1) is 11.8 Å². The van der Waals surface area contributed by atoms with Gasteiger partial charge in [-0.1, -0.05) is 69.2 Å². The summed E-state index contributed by atoms with van der Waals surface area (Å²) in [5.41, 5.74) is 2.31. The van der Waals surface area contributed by atoms with Crippen LogP contribution >= 0.6 is 11.8 Å². The van der Waals surface area contributed by atoms with E-state index in [9.17, 15) is 4.79 Å². The maximum atomic E-state index is 13.1. The van der Waals surface area contributed by atoms with E-state index in [0.717, 1.165) is 54.9 Å². The second-order valence-electron chi connectivity index (χ2n) is 7.35. The Morgan fingerprint density at radius 3 is 2.75 bits per heavy atom. The summed E-state index contributed by atoms with van der Waals surface area (Å²) >= 11 is 1.86. The Labute approximate surface area is 173 Å². The van der Waals surface area contributed by atoms with Crippen LogP contribution in [0.3, 0.4) is 0 Å². The molecule has 0 spiro atoms. The summed E-state index contributed by atoms with van der Waals surface area (Å²) in [6.45, 7) is 5.71. The van der Waals surface area contributed by atoms with Crippen LogP contribution in [-0.2, 0) is 11.4 Å². The molecule has 3 nitrogen and oxygen atoms in total. The Morgan fingerprint density at radius 1 is 1.18 bits per heavy atom. The van der Waals surface area contributed by atoms with Crippen LogP contribution in [0.1, 0.15) is 56.0 Å². The highest BCUT2D eigenvalue weighted by Crippen LogP contribution is 2.40. The van der Waals surface area contributed by atoms with Gasteiger partial charge >= 0.3 is 0 Å². The number of unbranched alkanes of at least 4 members (excludes halogenated alkanes) is 1. The molecule has 0 radical (unpaired) electrons. The van der Waals surface area contributed by atoms with Crippen molar-refractivity contribution in [2.75, 3.05) is 12.3 Å². The van der Waals surface area contributed by atoms with Crippen molar-refractivity contribution in [2.45, 2.75) is 51.5 Å². The second-order valence-corrected chi connectivity index (χ2v) is 8.54. The van der Waals surface area contributed by atoms with E-state index in [1.165, 1.54) is 0 Å². The van der Waals surface area contributed by atoms with Gasteiger partial charge in [-0.05, 0) is 36.1 Å². The van der Waals surface area contributed by atoms with Crippen molar-refractivity contribution < 1.29 is 9.53 Å². The number of ether oxygens (including phenoxy) is 1. The maximum absolute atomic E-state index is 13.1. The van der Waals surface area contributed by atoms with Gasteiger partial charge in [-0.25, -0.2) is 0 Å². The smallest absolute Gasteiger partial charge is 0.226 e. The lowest BCUT2D eigenvalue weighted by atomic mass is 9.97. The predicted octanol–water partition coefficient (Wildman–Crippen LogP) is 6.06. The average molecular weight is 398 g/mol. The van der Waals surface area contributed by atoms with E-state index in [-0.39, 0.29) is 11.3 Å². The van der Waals surface area contributed by atoms with Crippen LogP contribution in [0.25, 0.3) is 0 Å². The monoisotopic (exact) mass is 397 g/mol. The third kappa shape index (κ3) is 5.32. The third-order valence-electron chi connectivity index (χ3n) is 5.31. The van der Waals surface area contributed by atoms with E-state index >= 15 is 0 Å². The minimum atomic E-state index is 0.100. The number of hydrogen-bond donors (Lipinski definition) is 0. The van der Waals surface area contributed by atoms with Crippen molar-refractivity contribution in [1.29, 1.82) is 0 Å². The minimum absolute atomic E-state index is 0.100. The first-order valence-corrected chi connectivity index (χ1v) is 11.5. The third-order valence-corrected chi connectivity index (χ3v) is 6.57. The number of carbonyl (C=O) groups excluding carboxylic acids is 1. The normalized spacial score (nSPS) is 17.5. The first kappa shape index (κ1) is 20.8. The standard InChI is InChI=1S/C24H31NO2S/c1-3-5-12-20(4-2)23(26)25-15-16-28-24(25)21-13-9-14-22(17-21)27-18-19-10-7-6-8-11-19/h6-11,13-14,17,20,24H,3-5,12,15-16,18H2,1-2H3/t20-,24+/m1/s1. The first-order valence-electron chi connectivity index (χ1n) is 10.4. The number of rotatable bonds is 9. The van der Waals surface area contributed by atoms with Crippen LogP contribution in [0.4, 0.5) is 0 Å². The van der Waals surface area contributed by atoms with Gasteiger partial charge in [0.05, 0.1) is 0 Å². The van der Waals surface area contributed by atoms with E-state index in [1.54, 1.807) is 0 Å². The molecular weight excluding hydrogens is 366 g/mol. The van der Waals surface area contributed by atoms with Crippen molar-refractivity contribution in [1.82, 2.24) is 4.90 Å². The van der Waals surface area contributed by atoms with Crippen molar-refractivity contribution in [3.05, 3.63) is 65.7 Å². The Morgan fingerprint density at radius 2 is 2.00 bits per heavy atom. The molecule has 0 aromatic heterocycles. The van der Waals surface area contributed by atoms with E-state index in [2.05, 4.69) is 43.0 Å². The van der Waals surface area contributed by atoms with Crippen LogP contribution in [0, 0.1) is 5.92 Å². The maximum Gasteiger partial charge on any atom is 0.226 e. The average Bonchev–Trinajstić information content (AvgIpc) is 3.23. The molecule has 2 aromatic rings. The van der Waals surface area contributed by atoms with Crippen molar-refractivity contribution in [2.24, 2.45) is 5.92 Å². The molecule has 2 atom stereocenters. The van der Waals surface area contributed by atoms with Gasteiger partial charge in [-0.2, -0.15) is 0 Å². The van der Waals surface area contributed by atoms with Gasteiger partial charge in [0.25, 0.3) is 0 Å². The highest BCUT2D eigenvalue weighted by Gasteiger charge is 2.33. The molecule has 0 bridgehead atoms. The zero-order chi connectivity index (χ0) is 19.8. The molecule has 0 aliphatic carbocycles. The zero-order valence-corrected chi connectivity index (χ0v) is 17.8. The molecule has 0 unspecified atom stereocenters. The number of thioether (sulfide) groups is 1. The number of hydrogen-bond acceptors (Lipinski definition) is 3. The molecular formula is C24H31NO2S. The molecule has 28 heavy (non-hydrogen) atoms. The Kier molecular flexibility index (Phi) is 7.84. The van der Waals surface area contributed by atoms with Gasteiger partial charge in [0.2, 0.25) is 5.91 Å². The Balaban J connectivity index is 1.68. The lowest BCUT2D eigenvalue weighted by molar-refractivity contribution is -0.136. The summed E-state index contributed by atoms with van der Waals surface area (Å²) in [7, 11) is 0. The number of amides is 1. The van der Waals surface area contributed by atoms with Gasteiger partial charge in [-0.3, -0.25) is 4.79 Å². The quantitative estimate of drug-likeness (QED) is 0.515. The van der Waals surface area contributed by atoms with Crippen LogP contribution in [0.15, 0.2) is 54.6 Å². The number of nitrogens with zero attached hydrogens (tertiary/aromatic N) is 1. The number of benzene rings is 2. The summed E-state index contributed by atoms with van der Waals surface area (Å²) in [5.74, 6) is 2.33. The van der Waals surface area contributed by atoms with E-state index < -0.39 is 0 Å². The molecule has 1 aliphatic rings. The lowest BCUT2D eigenvalue weighted by Gasteiger charge is -2.28. The van der Waals surface area contributed by atoms with Crippen LogP contribution in [0.5, 0.6) is 5.75 Å². The molecule has 1 amide bonds. The molecule has 1 saturated heterocycles. The minimum Gasteiger partial charge on any atom is -0.489 e. The molecule has 0 N–H and O–H groups in total. The van der Waals surface area contributed by atoms with Crippen molar-refractivity contribution >= 4 is 17.7 Å². The summed E-state index contributed by atoms with van der Waals surface area (Å²) in [4.78, 5) is 15.2. The van der Waals surface area contributed by atoms with Gasteiger partial charge in [0.15, 0.2) is 0 Å². The van der Waals surface area contributed by atoms with Crippen molar-refractivity contribution in [3.8, 4) is 5.75 Å². The van der Waals surface area contributed by atoms with Gasteiger partial charge in [0, 0.05) is 18.2 Å². The van der Waals surface area contributed by atoms with Crippen LogP contribution in [0.2, 0.25) is 0 Å². The highest BCUT2D eigenvalue weighted by atomic mass is 32.2. The summed E-state index contributed by atoms with van der Waals surface area (Å²) in [6, 6.07) is 18.4. The lowest BCUT2D eigenvalue weighted by Crippen LogP contribution is -2.35. The molecule has 2 aromatic carbocycles. The van der Waals surface area contributed by atoms with E-state index in [0.29, 0.717) is 12.5 Å². The fourth-order valence-corrected chi connectivity index (χ4v) is 4.91.